The van der Waals surface area contributed by atoms with Gasteiger partial charge in [-0.05, 0) is 6.54 Å². The minimum atomic E-state index is 0. The van der Waals surface area contributed by atoms with Crippen molar-refractivity contribution in [3.05, 3.63) is 18.2 Å². The van der Waals surface area contributed by atoms with Crippen LogP contribution in [0.5, 0.6) is 0 Å². The second kappa shape index (κ2) is 6.82. The largest absolute Gasteiger partial charge is 0.340 e. The molecule has 0 atom stereocenters. The van der Waals surface area contributed by atoms with E-state index < -0.39 is 0 Å². The smallest absolute Gasteiger partial charge is 0.0946 e. The average Bonchev–Trinajstić information content (AvgIpc) is 2.17. The summed E-state index contributed by atoms with van der Waals surface area (Å²) in [4.78, 5) is 4.09. The van der Waals surface area contributed by atoms with Crippen LogP contribution in [0.2, 0.25) is 0 Å². The van der Waals surface area contributed by atoms with Gasteiger partial charge in [0.1, 0.15) is 0 Å². The van der Waals surface area contributed by atoms with Gasteiger partial charge in [-0.1, -0.05) is 0 Å². The molecule has 0 saturated carbocycles. The molecule has 0 unspecified atom stereocenters. The Labute approximate surface area is 87.5 Å². The van der Waals surface area contributed by atoms with Crippen LogP contribution in [0.15, 0.2) is 12.5 Å². The molecule has 0 aliphatic heterocycles. The Morgan fingerprint density at radius 2 is 2.18 bits per heavy atom. The van der Waals surface area contributed by atoms with Crippen LogP contribution in [0.1, 0.15) is 5.69 Å². The number of aryl methyl sites for hydroxylation is 1. The first-order valence-electron chi connectivity index (χ1n) is 3.00. The van der Waals surface area contributed by atoms with Crippen molar-refractivity contribution in [1.82, 2.24) is 9.55 Å². The van der Waals surface area contributed by atoms with Crippen LogP contribution in [0, 0.1) is 0 Å². The van der Waals surface area contributed by atoms with E-state index >= 15 is 0 Å². The standard InChI is InChI=1S/C6H11N3.2BrH/c1-9-4-6(2-3-7)8-5-9;;/h4-5H,2-3,7H2,1H3;2*1H. The van der Waals surface area contributed by atoms with Gasteiger partial charge in [0.05, 0.1) is 12.0 Å². The Kier molecular flexibility index (Phi) is 8.49. The molecule has 1 aromatic heterocycles. The third-order valence-corrected chi connectivity index (χ3v) is 1.16. The van der Waals surface area contributed by atoms with Gasteiger partial charge in [0.2, 0.25) is 0 Å². The van der Waals surface area contributed by atoms with Crippen molar-refractivity contribution in [3.8, 4) is 0 Å². The van der Waals surface area contributed by atoms with Crippen LogP contribution in [-0.4, -0.2) is 16.1 Å². The fourth-order valence-electron chi connectivity index (χ4n) is 0.744. The normalized spacial score (nSPS) is 8.18. The Morgan fingerprint density at radius 3 is 2.55 bits per heavy atom. The predicted molar refractivity (Wildman–Crippen MR) is 56.6 cm³/mol. The van der Waals surface area contributed by atoms with E-state index in [4.69, 9.17) is 5.73 Å². The van der Waals surface area contributed by atoms with E-state index in [-0.39, 0.29) is 34.0 Å². The number of halogens is 2. The van der Waals surface area contributed by atoms with E-state index in [0.29, 0.717) is 6.54 Å². The minimum Gasteiger partial charge on any atom is -0.340 e. The van der Waals surface area contributed by atoms with Crippen LogP contribution in [0.25, 0.3) is 0 Å². The molecule has 1 heterocycles. The summed E-state index contributed by atoms with van der Waals surface area (Å²) < 4.78 is 1.92. The van der Waals surface area contributed by atoms with Crippen molar-refractivity contribution in [2.24, 2.45) is 12.8 Å². The quantitative estimate of drug-likeness (QED) is 0.884. The molecule has 0 amide bonds. The number of nitrogens with zero attached hydrogens (tertiary/aromatic N) is 2. The maximum atomic E-state index is 5.32. The molecular weight excluding hydrogens is 274 g/mol. The fourth-order valence-corrected chi connectivity index (χ4v) is 0.744. The topological polar surface area (TPSA) is 43.8 Å². The van der Waals surface area contributed by atoms with E-state index in [2.05, 4.69) is 4.98 Å². The lowest BCUT2D eigenvalue weighted by molar-refractivity contribution is 0.906. The highest BCUT2D eigenvalue weighted by Crippen LogP contribution is 1.92. The number of rotatable bonds is 2. The van der Waals surface area contributed by atoms with Crippen molar-refractivity contribution in [1.29, 1.82) is 0 Å². The summed E-state index contributed by atoms with van der Waals surface area (Å²) >= 11 is 0. The van der Waals surface area contributed by atoms with Crippen molar-refractivity contribution < 1.29 is 0 Å². The van der Waals surface area contributed by atoms with E-state index in [1.807, 2.05) is 17.8 Å². The van der Waals surface area contributed by atoms with Gasteiger partial charge >= 0.3 is 0 Å². The molecular formula is C6H13Br2N3. The van der Waals surface area contributed by atoms with E-state index in [1.165, 1.54) is 0 Å². The molecule has 0 fully saturated rings. The Hall–Kier alpha value is 0.130. The molecule has 0 aliphatic carbocycles. The zero-order chi connectivity index (χ0) is 6.69. The highest BCUT2D eigenvalue weighted by molar-refractivity contribution is 8.93. The Morgan fingerprint density at radius 1 is 1.55 bits per heavy atom. The monoisotopic (exact) mass is 285 g/mol. The third kappa shape index (κ3) is 4.55. The fraction of sp³-hybridized carbons (Fsp3) is 0.500. The number of aromatic nitrogens is 2. The highest BCUT2D eigenvalue weighted by Gasteiger charge is 1.91. The predicted octanol–water partition coefficient (Wildman–Crippen LogP) is 1.08. The lowest BCUT2D eigenvalue weighted by Crippen LogP contribution is -2.02. The highest BCUT2D eigenvalue weighted by atomic mass is 79.9. The summed E-state index contributed by atoms with van der Waals surface area (Å²) in [6.45, 7) is 0.678. The van der Waals surface area contributed by atoms with Gasteiger partial charge in [-0.3, -0.25) is 0 Å². The number of imidazole rings is 1. The van der Waals surface area contributed by atoms with Gasteiger partial charge in [0, 0.05) is 19.7 Å². The Balaban J connectivity index is 0. The maximum Gasteiger partial charge on any atom is 0.0946 e. The molecule has 0 radical (unpaired) electrons. The lowest BCUT2D eigenvalue weighted by atomic mass is 10.3. The van der Waals surface area contributed by atoms with Gasteiger partial charge in [0.15, 0.2) is 0 Å². The first-order valence-corrected chi connectivity index (χ1v) is 3.00. The molecule has 66 valence electrons. The van der Waals surface area contributed by atoms with E-state index in [9.17, 15) is 0 Å². The summed E-state index contributed by atoms with van der Waals surface area (Å²) in [5.41, 5.74) is 6.39. The molecule has 1 rings (SSSR count). The van der Waals surface area contributed by atoms with Gasteiger partial charge < -0.3 is 10.3 Å². The first kappa shape index (κ1) is 13.7. The van der Waals surface area contributed by atoms with Gasteiger partial charge in [-0.2, -0.15) is 0 Å². The number of hydrogen-bond donors (Lipinski definition) is 1. The van der Waals surface area contributed by atoms with Crippen LogP contribution in [0.4, 0.5) is 0 Å². The van der Waals surface area contributed by atoms with Crippen molar-refractivity contribution >= 4 is 34.0 Å². The second-order valence-corrected chi connectivity index (χ2v) is 2.07. The van der Waals surface area contributed by atoms with E-state index in [1.54, 1.807) is 6.33 Å². The molecule has 1 aromatic rings. The molecule has 0 bridgehead atoms. The van der Waals surface area contributed by atoms with Crippen LogP contribution in [-0.2, 0) is 13.5 Å². The van der Waals surface area contributed by atoms with Crippen LogP contribution < -0.4 is 5.73 Å². The maximum absolute atomic E-state index is 5.32. The van der Waals surface area contributed by atoms with E-state index in [0.717, 1.165) is 12.1 Å². The zero-order valence-electron chi connectivity index (χ0n) is 6.36. The SMILES string of the molecule is Br.Br.Cn1cnc(CCN)c1. The molecule has 11 heavy (non-hydrogen) atoms. The third-order valence-electron chi connectivity index (χ3n) is 1.16. The summed E-state index contributed by atoms with van der Waals surface area (Å²) in [6, 6.07) is 0. The average molecular weight is 287 g/mol. The zero-order valence-corrected chi connectivity index (χ0v) is 9.78. The Bertz CT molecular complexity index is 188. The van der Waals surface area contributed by atoms with Gasteiger partial charge in [0.25, 0.3) is 0 Å². The summed E-state index contributed by atoms with van der Waals surface area (Å²) in [5.74, 6) is 0. The first-order chi connectivity index (χ1) is 4.33. The van der Waals surface area contributed by atoms with Gasteiger partial charge in [-0.15, -0.1) is 34.0 Å². The summed E-state index contributed by atoms with van der Waals surface area (Å²) in [5, 5.41) is 0. The molecule has 3 nitrogen and oxygen atoms in total. The van der Waals surface area contributed by atoms with Gasteiger partial charge in [-0.25, -0.2) is 4.98 Å². The van der Waals surface area contributed by atoms with Crippen LogP contribution in [0.3, 0.4) is 0 Å². The van der Waals surface area contributed by atoms with Crippen LogP contribution >= 0.6 is 34.0 Å². The van der Waals surface area contributed by atoms with Crippen molar-refractivity contribution in [2.45, 2.75) is 6.42 Å². The molecule has 5 heteroatoms. The molecule has 0 aliphatic rings. The number of nitrogens with two attached hydrogens (primary N) is 1. The molecule has 0 aromatic carbocycles. The lowest BCUT2D eigenvalue weighted by Gasteiger charge is -1.86. The molecule has 0 spiro atoms. The van der Waals surface area contributed by atoms with Crippen molar-refractivity contribution in [3.63, 3.8) is 0 Å². The second-order valence-electron chi connectivity index (χ2n) is 2.07. The minimum absolute atomic E-state index is 0. The summed E-state index contributed by atoms with van der Waals surface area (Å²) in [6.07, 6.45) is 4.64. The molecule has 2 N–H and O–H groups in total. The molecule has 0 saturated heterocycles. The summed E-state index contributed by atoms with van der Waals surface area (Å²) in [7, 11) is 1.95. The van der Waals surface area contributed by atoms with Crippen molar-refractivity contribution in [2.75, 3.05) is 6.54 Å². The number of hydrogen-bond acceptors (Lipinski definition) is 2.